The van der Waals surface area contributed by atoms with E-state index in [0.717, 1.165) is 36.8 Å². The number of piperidine rings is 1. The number of rotatable bonds is 3. The SMILES string of the molecule is Cc1ccc(-c2[nH]c(=O)sc2CN2CCC(C)CC2)cc1C. The summed E-state index contributed by atoms with van der Waals surface area (Å²) in [4.78, 5) is 18.6. The van der Waals surface area contributed by atoms with Crippen molar-refractivity contribution in [2.45, 2.75) is 40.2 Å². The van der Waals surface area contributed by atoms with Crippen LogP contribution in [0.5, 0.6) is 0 Å². The van der Waals surface area contributed by atoms with E-state index in [-0.39, 0.29) is 4.87 Å². The second-order valence-electron chi connectivity index (χ2n) is 6.57. The summed E-state index contributed by atoms with van der Waals surface area (Å²) in [5.74, 6) is 0.834. The third-order valence-corrected chi connectivity index (χ3v) is 5.63. The van der Waals surface area contributed by atoms with Crippen LogP contribution >= 0.6 is 11.3 Å². The predicted molar refractivity (Wildman–Crippen MR) is 93.5 cm³/mol. The van der Waals surface area contributed by atoms with Gasteiger partial charge in [-0.15, -0.1) is 0 Å². The number of benzene rings is 1. The Bertz CT molecular complexity index is 708. The third-order valence-electron chi connectivity index (χ3n) is 4.76. The van der Waals surface area contributed by atoms with Gasteiger partial charge in [-0.2, -0.15) is 0 Å². The lowest BCUT2D eigenvalue weighted by atomic mass is 9.99. The Hall–Kier alpha value is -1.39. The molecule has 1 aliphatic heterocycles. The largest absolute Gasteiger partial charge is 0.312 e. The van der Waals surface area contributed by atoms with E-state index in [1.807, 2.05) is 0 Å². The molecule has 0 spiro atoms. The quantitative estimate of drug-likeness (QED) is 0.930. The summed E-state index contributed by atoms with van der Waals surface area (Å²) in [7, 11) is 0. The standard InChI is InChI=1S/C18H24N2OS/c1-12-6-8-20(9-7-12)11-16-17(19-18(21)22-16)15-5-4-13(2)14(3)10-15/h4-5,10,12H,6-9,11H2,1-3H3,(H,19,21). The number of aromatic amines is 1. The zero-order chi connectivity index (χ0) is 15.7. The molecule has 22 heavy (non-hydrogen) atoms. The monoisotopic (exact) mass is 316 g/mol. The van der Waals surface area contributed by atoms with E-state index in [9.17, 15) is 4.79 Å². The van der Waals surface area contributed by atoms with Gasteiger partial charge in [0, 0.05) is 11.4 Å². The maximum Gasteiger partial charge on any atom is 0.305 e. The summed E-state index contributed by atoms with van der Waals surface area (Å²) in [6, 6.07) is 6.42. The highest BCUT2D eigenvalue weighted by molar-refractivity contribution is 7.09. The molecule has 1 aliphatic rings. The Morgan fingerprint density at radius 2 is 1.95 bits per heavy atom. The number of aryl methyl sites for hydroxylation is 2. The van der Waals surface area contributed by atoms with E-state index in [1.165, 1.54) is 40.2 Å². The summed E-state index contributed by atoms with van der Waals surface area (Å²) in [5.41, 5.74) is 4.69. The van der Waals surface area contributed by atoms with Crippen LogP contribution in [0.2, 0.25) is 0 Å². The average Bonchev–Trinajstić information content (AvgIpc) is 2.85. The molecule has 0 amide bonds. The fourth-order valence-electron chi connectivity index (χ4n) is 3.02. The van der Waals surface area contributed by atoms with Crippen molar-refractivity contribution in [2.24, 2.45) is 5.92 Å². The van der Waals surface area contributed by atoms with Crippen LogP contribution in [-0.4, -0.2) is 23.0 Å². The number of nitrogens with zero attached hydrogens (tertiary/aromatic N) is 1. The fraction of sp³-hybridized carbons (Fsp3) is 0.500. The first-order chi connectivity index (χ1) is 10.5. The molecule has 4 heteroatoms. The molecule has 1 saturated heterocycles. The van der Waals surface area contributed by atoms with Crippen LogP contribution in [0, 0.1) is 19.8 Å². The highest BCUT2D eigenvalue weighted by Gasteiger charge is 2.19. The highest BCUT2D eigenvalue weighted by Crippen LogP contribution is 2.27. The van der Waals surface area contributed by atoms with Gasteiger partial charge in [-0.05, 0) is 68.5 Å². The van der Waals surface area contributed by atoms with Crippen molar-refractivity contribution < 1.29 is 0 Å². The molecule has 0 bridgehead atoms. The van der Waals surface area contributed by atoms with Gasteiger partial charge < -0.3 is 4.98 Å². The maximum absolute atomic E-state index is 11.9. The fourth-order valence-corrected chi connectivity index (χ4v) is 3.92. The summed E-state index contributed by atoms with van der Waals surface area (Å²) >= 11 is 1.36. The Balaban J connectivity index is 1.86. The smallest absolute Gasteiger partial charge is 0.305 e. The molecule has 0 saturated carbocycles. The normalized spacial score (nSPS) is 17.0. The lowest BCUT2D eigenvalue weighted by Gasteiger charge is -2.29. The first-order valence-electron chi connectivity index (χ1n) is 8.05. The number of nitrogens with one attached hydrogen (secondary N) is 1. The Kier molecular flexibility index (Phi) is 4.50. The molecule has 2 heterocycles. The van der Waals surface area contributed by atoms with Crippen molar-refractivity contribution in [3.63, 3.8) is 0 Å². The van der Waals surface area contributed by atoms with Crippen LogP contribution in [0.15, 0.2) is 23.0 Å². The lowest BCUT2D eigenvalue weighted by Crippen LogP contribution is -2.32. The van der Waals surface area contributed by atoms with E-state index in [4.69, 9.17) is 0 Å². The molecule has 0 radical (unpaired) electrons. The van der Waals surface area contributed by atoms with Crippen LogP contribution < -0.4 is 4.87 Å². The lowest BCUT2D eigenvalue weighted by molar-refractivity contribution is 0.187. The molecule has 1 aromatic carbocycles. The average molecular weight is 316 g/mol. The molecule has 0 atom stereocenters. The van der Waals surface area contributed by atoms with Gasteiger partial charge in [0.05, 0.1) is 5.69 Å². The van der Waals surface area contributed by atoms with Crippen LogP contribution in [0.1, 0.15) is 35.8 Å². The van der Waals surface area contributed by atoms with Gasteiger partial charge in [0.2, 0.25) is 0 Å². The molecular formula is C18H24N2OS. The number of H-pyrrole nitrogens is 1. The molecule has 0 aliphatic carbocycles. The number of aromatic nitrogens is 1. The molecule has 3 nitrogen and oxygen atoms in total. The number of thiazole rings is 1. The third kappa shape index (κ3) is 3.33. The van der Waals surface area contributed by atoms with Gasteiger partial charge in [-0.25, -0.2) is 0 Å². The molecular weight excluding hydrogens is 292 g/mol. The van der Waals surface area contributed by atoms with Crippen molar-refractivity contribution in [1.82, 2.24) is 9.88 Å². The molecule has 1 aromatic heterocycles. The zero-order valence-corrected chi connectivity index (χ0v) is 14.4. The molecule has 0 unspecified atom stereocenters. The van der Waals surface area contributed by atoms with E-state index >= 15 is 0 Å². The maximum atomic E-state index is 11.9. The minimum Gasteiger partial charge on any atom is -0.312 e. The minimum atomic E-state index is 0.0496. The van der Waals surface area contributed by atoms with E-state index in [1.54, 1.807) is 0 Å². The molecule has 3 rings (SSSR count). The summed E-state index contributed by atoms with van der Waals surface area (Å²) in [6.45, 7) is 9.73. The zero-order valence-electron chi connectivity index (χ0n) is 13.6. The van der Waals surface area contributed by atoms with E-state index < -0.39 is 0 Å². The van der Waals surface area contributed by atoms with Gasteiger partial charge in [0.25, 0.3) is 0 Å². The molecule has 2 aromatic rings. The number of likely N-dealkylation sites (tertiary alicyclic amines) is 1. The Morgan fingerprint density at radius 3 is 2.64 bits per heavy atom. The van der Waals surface area contributed by atoms with Gasteiger partial charge in [-0.3, -0.25) is 9.69 Å². The van der Waals surface area contributed by atoms with Gasteiger partial charge >= 0.3 is 4.87 Å². The van der Waals surface area contributed by atoms with E-state index in [2.05, 4.69) is 48.9 Å². The number of hydrogen-bond donors (Lipinski definition) is 1. The summed E-state index contributed by atoms with van der Waals surface area (Å²) in [5, 5.41) is 0. The van der Waals surface area contributed by atoms with Crippen LogP contribution in [0.3, 0.4) is 0 Å². The second kappa shape index (κ2) is 6.39. The van der Waals surface area contributed by atoms with Crippen molar-refractivity contribution >= 4 is 11.3 Å². The second-order valence-corrected chi connectivity index (χ2v) is 7.64. The van der Waals surface area contributed by atoms with Crippen molar-refractivity contribution in [3.8, 4) is 11.3 Å². The van der Waals surface area contributed by atoms with Crippen LogP contribution in [0.4, 0.5) is 0 Å². The van der Waals surface area contributed by atoms with Crippen molar-refractivity contribution in [1.29, 1.82) is 0 Å². The minimum absolute atomic E-state index is 0.0496. The van der Waals surface area contributed by atoms with Gasteiger partial charge in [-0.1, -0.05) is 30.4 Å². The first kappa shape index (κ1) is 15.5. The Labute approximate surface area is 136 Å². The van der Waals surface area contributed by atoms with E-state index in [0.29, 0.717) is 0 Å². The topological polar surface area (TPSA) is 36.1 Å². The van der Waals surface area contributed by atoms with Crippen molar-refractivity contribution in [3.05, 3.63) is 43.9 Å². The van der Waals surface area contributed by atoms with Crippen molar-refractivity contribution in [2.75, 3.05) is 13.1 Å². The van der Waals surface area contributed by atoms with Gasteiger partial charge in [0.15, 0.2) is 0 Å². The van der Waals surface area contributed by atoms with Crippen LogP contribution in [0.25, 0.3) is 11.3 Å². The Morgan fingerprint density at radius 1 is 1.23 bits per heavy atom. The molecule has 1 fully saturated rings. The summed E-state index contributed by atoms with van der Waals surface area (Å²) in [6.07, 6.45) is 2.52. The molecule has 1 N–H and O–H groups in total. The predicted octanol–water partition coefficient (Wildman–Crippen LogP) is 3.95. The molecule has 118 valence electrons. The summed E-state index contributed by atoms with van der Waals surface area (Å²) < 4.78 is 0. The first-order valence-corrected chi connectivity index (χ1v) is 8.86. The highest BCUT2D eigenvalue weighted by atomic mass is 32.1. The van der Waals surface area contributed by atoms with Gasteiger partial charge in [0.1, 0.15) is 0 Å². The number of hydrogen-bond acceptors (Lipinski definition) is 3. The van der Waals surface area contributed by atoms with Crippen LogP contribution in [-0.2, 0) is 6.54 Å².